The molecule has 200 valence electrons. The lowest BCUT2D eigenvalue weighted by Gasteiger charge is -2.37. The molecule has 3 aromatic rings. The Hall–Kier alpha value is -3.21. The van der Waals surface area contributed by atoms with Crippen molar-refractivity contribution in [3.63, 3.8) is 0 Å². The highest BCUT2D eigenvalue weighted by Gasteiger charge is 2.29. The maximum absolute atomic E-state index is 13.4. The van der Waals surface area contributed by atoms with E-state index in [1.165, 1.54) is 16.7 Å². The van der Waals surface area contributed by atoms with Crippen LogP contribution in [0.25, 0.3) is 6.08 Å². The van der Waals surface area contributed by atoms with Gasteiger partial charge in [0.05, 0.1) is 0 Å². The summed E-state index contributed by atoms with van der Waals surface area (Å²) in [7, 11) is 2.10. The number of nitrogens with zero attached hydrogens (tertiary/aromatic N) is 2. The second kappa shape index (κ2) is 14.7. The lowest BCUT2D eigenvalue weighted by atomic mass is 9.81. The van der Waals surface area contributed by atoms with E-state index in [1.54, 1.807) is 0 Å². The molecule has 38 heavy (non-hydrogen) atoms. The minimum absolute atomic E-state index is 0.208. The van der Waals surface area contributed by atoms with Gasteiger partial charge in [0.2, 0.25) is 5.91 Å². The van der Waals surface area contributed by atoms with Crippen molar-refractivity contribution in [2.45, 2.75) is 63.6 Å². The summed E-state index contributed by atoms with van der Waals surface area (Å²) in [5, 5.41) is 9.05. The smallest absolute Gasteiger partial charge is 0.226 e. The molecule has 1 aliphatic rings. The zero-order valence-corrected chi connectivity index (χ0v) is 22.7. The maximum atomic E-state index is 13.4. The van der Waals surface area contributed by atoms with Gasteiger partial charge in [-0.3, -0.25) is 4.79 Å². The van der Waals surface area contributed by atoms with E-state index in [0.717, 1.165) is 50.8 Å². The number of hydrogen-bond acceptors (Lipinski definition) is 3. The first kappa shape index (κ1) is 27.8. The standard InChI is InChI=1S/C34H42N2O2/c1-35(24-9-25-37)26-30-16-18-31(19-17-30)32-20-22-33(23-21-32)36(27-29-12-6-3-7-13-29)34(38)15-8-14-28-10-4-2-5-11-28/h2-8,10-14,16-19,32-33,37H,9,15,20-27H2,1H3/b14-8+. The summed E-state index contributed by atoms with van der Waals surface area (Å²) in [5.74, 6) is 0.762. The molecule has 0 radical (unpaired) electrons. The second-order valence-corrected chi connectivity index (χ2v) is 10.6. The summed E-state index contributed by atoms with van der Waals surface area (Å²) >= 11 is 0. The van der Waals surface area contributed by atoms with Crippen LogP contribution in [0.15, 0.2) is 91.0 Å². The predicted octanol–water partition coefficient (Wildman–Crippen LogP) is 6.66. The molecule has 1 N–H and O–H groups in total. The normalized spacial score (nSPS) is 17.7. The average Bonchev–Trinajstić information content (AvgIpc) is 2.96. The van der Waals surface area contributed by atoms with E-state index < -0.39 is 0 Å². The molecule has 0 saturated heterocycles. The van der Waals surface area contributed by atoms with Crippen LogP contribution >= 0.6 is 0 Å². The van der Waals surface area contributed by atoms with E-state index >= 15 is 0 Å². The summed E-state index contributed by atoms with van der Waals surface area (Å²) < 4.78 is 0. The van der Waals surface area contributed by atoms with Crippen LogP contribution in [0.4, 0.5) is 0 Å². The van der Waals surface area contributed by atoms with Crippen molar-refractivity contribution in [2.24, 2.45) is 0 Å². The van der Waals surface area contributed by atoms with Gasteiger partial charge >= 0.3 is 0 Å². The zero-order chi connectivity index (χ0) is 26.6. The van der Waals surface area contributed by atoms with Crippen LogP contribution < -0.4 is 0 Å². The number of carbonyl (C=O) groups is 1. The molecule has 1 fully saturated rings. The Morgan fingerprint density at radius 1 is 0.842 bits per heavy atom. The van der Waals surface area contributed by atoms with E-state index in [-0.39, 0.29) is 18.6 Å². The third kappa shape index (κ3) is 8.41. The number of aliphatic hydroxyl groups excluding tert-OH is 1. The van der Waals surface area contributed by atoms with Gasteiger partial charge in [-0.15, -0.1) is 0 Å². The molecule has 0 heterocycles. The molecule has 0 atom stereocenters. The Labute approximate surface area is 228 Å². The fraction of sp³-hybridized carbons (Fsp3) is 0.382. The Bertz CT molecular complexity index is 1120. The Balaban J connectivity index is 1.36. The Morgan fingerprint density at radius 3 is 2.13 bits per heavy atom. The lowest BCUT2D eigenvalue weighted by molar-refractivity contribution is -0.134. The lowest BCUT2D eigenvalue weighted by Crippen LogP contribution is -2.41. The first-order valence-corrected chi connectivity index (χ1v) is 14.1. The van der Waals surface area contributed by atoms with Gasteiger partial charge in [-0.25, -0.2) is 0 Å². The fourth-order valence-electron chi connectivity index (χ4n) is 5.53. The van der Waals surface area contributed by atoms with Crippen LogP contribution in [-0.2, 0) is 17.9 Å². The quantitative estimate of drug-likeness (QED) is 0.296. The Kier molecular flexibility index (Phi) is 10.7. The van der Waals surface area contributed by atoms with Crippen LogP contribution in [0.3, 0.4) is 0 Å². The van der Waals surface area contributed by atoms with Crippen LogP contribution in [0.1, 0.15) is 66.7 Å². The molecular weight excluding hydrogens is 468 g/mol. The molecule has 4 nitrogen and oxygen atoms in total. The number of carbonyl (C=O) groups excluding carboxylic acids is 1. The molecule has 0 spiro atoms. The van der Waals surface area contributed by atoms with Gasteiger partial charge in [0.15, 0.2) is 0 Å². The van der Waals surface area contributed by atoms with Gasteiger partial charge in [0, 0.05) is 38.7 Å². The van der Waals surface area contributed by atoms with Crippen LogP contribution in [-0.4, -0.2) is 47.1 Å². The van der Waals surface area contributed by atoms with Crippen molar-refractivity contribution in [1.82, 2.24) is 9.80 Å². The van der Waals surface area contributed by atoms with Crippen LogP contribution in [0.5, 0.6) is 0 Å². The van der Waals surface area contributed by atoms with Gasteiger partial charge in [-0.05, 0) is 67.3 Å². The fourth-order valence-corrected chi connectivity index (χ4v) is 5.53. The zero-order valence-electron chi connectivity index (χ0n) is 22.7. The molecular formula is C34H42N2O2. The van der Waals surface area contributed by atoms with E-state index in [1.807, 2.05) is 36.4 Å². The maximum Gasteiger partial charge on any atom is 0.226 e. The summed E-state index contributed by atoms with van der Waals surface area (Å²) in [4.78, 5) is 17.8. The van der Waals surface area contributed by atoms with Gasteiger partial charge in [0.25, 0.3) is 0 Å². The van der Waals surface area contributed by atoms with Gasteiger partial charge < -0.3 is 14.9 Å². The van der Waals surface area contributed by atoms with Crippen molar-refractivity contribution in [3.8, 4) is 0 Å². The van der Waals surface area contributed by atoms with Crippen molar-refractivity contribution in [2.75, 3.05) is 20.2 Å². The molecule has 1 amide bonds. The molecule has 0 unspecified atom stereocenters. The molecule has 4 heteroatoms. The van der Waals surface area contributed by atoms with Crippen LogP contribution in [0.2, 0.25) is 0 Å². The van der Waals surface area contributed by atoms with E-state index in [0.29, 0.717) is 18.9 Å². The highest BCUT2D eigenvalue weighted by Crippen LogP contribution is 2.35. The first-order valence-electron chi connectivity index (χ1n) is 14.1. The number of amides is 1. The average molecular weight is 511 g/mol. The topological polar surface area (TPSA) is 43.8 Å². The van der Waals surface area contributed by atoms with Crippen molar-refractivity contribution in [3.05, 3.63) is 113 Å². The predicted molar refractivity (Wildman–Crippen MR) is 157 cm³/mol. The van der Waals surface area contributed by atoms with Crippen molar-refractivity contribution in [1.29, 1.82) is 0 Å². The summed E-state index contributed by atoms with van der Waals surface area (Å²) in [6.07, 6.45) is 9.58. The SMILES string of the molecule is CN(CCCO)Cc1ccc(C2CCC(N(Cc3ccccc3)C(=O)C/C=C/c3ccccc3)CC2)cc1. The molecule has 1 saturated carbocycles. The van der Waals surface area contributed by atoms with E-state index in [9.17, 15) is 4.79 Å². The number of aliphatic hydroxyl groups is 1. The summed E-state index contributed by atoms with van der Waals surface area (Å²) in [6, 6.07) is 29.9. The first-order chi connectivity index (χ1) is 18.6. The number of benzene rings is 3. The highest BCUT2D eigenvalue weighted by atomic mass is 16.3. The molecule has 3 aromatic carbocycles. The Morgan fingerprint density at radius 2 is 1.47 bits per heavy atom. The minimum atomic E-state index is 0.208. The number of hydrogen-bond donors (Lipinski definition) is 1. The second-order valence-electron chi connectivity index (χ2n) is 10.6. The molecule has 0 aromatic heterocycles. The molecule has 1 aliphatic carbocycles. The monoisotopic (exact) mass is 510 g/mol. The minimum Gasteiger partial charge on any atom is -0.396 e. The largest absolute Gasteiger partial charge is 0.396 e. The van der Waals surface area contributed by atoms with Gasteiger partial charge in [-0.2, -0.15) is 0 Å². The van der Waals surface area contributed by atoms with E-state index in [4.69, 9.17) is 5.11 Å². The van der Waals surface area contributed by atoms with Gasteiger partial charge in [-0.1, -0.05) is 97.1 Å². The molecule has 0 aliphatic heterocycles. The summed E-state index contributed by atoms with van der Waals surface area (Å²) in [5.41, 5.74) is 5.04. The third-order valence-corrected chi connectivity index (χ3v) is 7.66. The molecule has 0 bridgehead atoms. The van der Waals surface area contributed by atoms with Crippen LogP contribution in [0, 0.1) is 0 Å². The van der Waals surface area contributed by atoms with E-state index in [2.05, 4.69) is 77.5 Å². The van der Waals surface area contributed by atoms with Gasteiger partial charge in [0.1, 0.15) is 0 Å². The van der Waals surface area contributed by atoms with Crippen molar-refractivity contribution < 1.29 is 9.90 Å². The molecule has 4 rings (SSSR count). The third-order valence-electron chi connectivity index (χ3n) is 7.66. The summed E-state index contributed by atoms with van der Waals surface area (Å²) in [6.45, 7) is 2.72. The van der Waals surface area contributed by atoms with Crippen molar-refractivity contribution >= 4 is 12.0 Å². The number of rotatable bonds is 12. The highest BCUT2D eigenvalue weighted by molar-refractivity contribution is 5.79.